The molecule has 1 rings (SSSR count). The van der Waals surface area contributed by atoms with Gasteiger partial charge in [0.25, 0.3) is 0 Å². The molecule has 8 heteroatoms. The Morgan fingerprint density at radius 1 is 1.75 bits per heavy atom. The van der Waals surface area contributed by atoms with E-state index >= 15 is 0 Å². The largest absolute Gasteiger partial charge is 0.392 e. The smallest absolute Gasteiger partial charge is 0.218 e. The molecule has 16 heavy (non-hydrogen) atoms. The van der Waals surface area contributed by atoms with E-state index in [4.69, 9.17) is 5.73 Å². The highest BCUT2D eigenvalue weighted by atomic mass is 32.2. The summed E-state index contributed by atoms with van der Waals surface area (Å²) in [6.07, 6.45) is 0. The van der Waals surface area contributed by atoms with Crippen LogP contribution in [0.25, 0.3) is 0 Å². The van der Waals surface area contributed by atoms with Gasteiger partial charge in [-0.2, -0.15) is 0 Å². The number of hydrogen-bond acceptors (Lipinski definition) is 5. The van der Waals surface area contributed by atoms with Gasteiger partial charge in [-0.1, -0.05) is 12.2 Å². The van der Waals surface area contributed by atoms with E-state index in [9.17, 15) is 8.42 Å². The Hall–Kier alpha value is -0.570. The minimum absolute atomic E-state index is 0.0463. The van der Waals surface area contributed by atoms with Crippen LogP contribution < -0.4 is 10.5 Å². The summed E-state index contributed by atoms with van der Waals surface area (Å²) >= 11 is 5.98. The number of thiocarbonyl (C=S) groups is 1. The van der Waals surface area contributed by atoms with E-state index in [1.54, 1.807) is 6.92 Å². The van der Waals surface area contributed by atoms with Crippen LogP contribution in [0.1, 0.15) is 23.7 Å². The lowest BCUT2D eigenvalue weighted by atomic mass is 10.4. The first-order valence-electron chi connectivity index (χ1n) is 4.50. The molecule has 0 radical (unpaired) electrons. The maximum atomic E-state index is 11.5. The zero-order valence-electron chi connectivity index (χ0n) is 8.93. The molecule has 0 saturated carbocycles. The van der Waals surface area contributed by atoms with E-state index in [1.165, 1.54) is 11.3 Å². The summed E-state index contributed by atoms with van der Waals surface area (Å²) in [5.41, 5.74) is 6.07. The van der Waals surface area contributed by atoms with E-state index < -0.39 is 10.0 Å². The van der Waals surface area contributed by atoms with E-state index in [-0.39, 0.29) is 16.8 Å². The molecule has 0 bridgehead atoms. The Morgan fingerprint density at radius 2 is 2.38 bits per heavy atom. The predicted octanol–water partition coefficient (Wildman–Crippen LogP) is 0.718. The molecule has 90 valence electrons. The van der Waals surface area contributed by atoms with Gasteiger partial charge in [0.1, 0.15) is 10.8 Å². The lowest BCUT2D eigenvalue weighted by Gasteiger charge is -2.11. The zero-order chi connectivity index (χ0) is 12.3. The number of rotatable bonds is 5. The first kappa shape index (κ1) is 13.5. The van der Waals surface area contributed by atoms with Crippen molar-refractivity contribution in [1.29, 1.82) is 0 Å². The van der Waals surface area contributed by atoms with Gasteiger partial charge in [-0.15, -0.1) is 11.3 Å². The number of hydrogen-bond donors (Lipinski definition) is 2. The molecule has 0 amide bonds. The Morgan fingerprint density at radius 3 is 2.81 bits per heavy atom. The van der Waals surface area contributed by atoms with Gasteiger partial charge in [0.15, 0.2) is 0 Å². The van der Waals surface area contributed by atoms with Crippen molar-refractivity contribution in [2.45, 2.75) is 19.9 Å². The van der Waals surface area contributed by atoms with Gasteiger partial charge < -0.3 is 5.73 Å². The van der Waals surface area contributed by atoms with Crippen molar-refractivity contribution in [2.75, 3.05) is 5.75 Å². The van der Waals surface area contributed by atoms with Crippen LogP contribution in [0.3, 0.4) is 0 Å². The fourth-order valence-electron chi connectivity index (χ4n) is 1.12. The number of nitrogens with two attached hydrogens (primary N) is 1. The molecule has 0 aliphatic heterocycles. The first-order chi connectivity index (χ1) is 7.30. The second-order valence-electron chi connectivity index (χ2n) is 3.39. The number of aromatic nitrogens is 1. The molecule has 1 atom stereocenters. The lowest BCUT2D eigenvalue weighted by molar-refractivity contribution is 0.570. The van der Waals surface area contributed by atoms with Gasteiger partial charge in [0.2, 0.25) is 10.0 Å². The van der Waals surface area contributed by atoms with Crippen molar-refractivity contribution in [1.82, 2.24) is 9.71 Å². The third-order valence-corrected chi connectivity index (χ3v) is 4.57. The highest BCUT2D eigenvalue weighted by Gasteiger charge is 2.18. The van der Waals surface area contributed by atoms with Crippen molar-refractivity contribution in [3.63, 3.8) is 0 Å². The van der Waals surface area contributed by atoms with Crippen molar-refractivity contribution in [3.05, 3.63) is 16.1 Å². The number of thiazole rings is 1. The molecule has 1 aromatic rings. The Kier molecular flexibility index (Phi) is 4.36. The van der Waals surface area contributed by atoms with Gasteiger partial charge in [0.05, 0.1) is 11.0 Å². The SMILES string of the molecule is Cc1csc(C(C)NS(=O)(=O)CC(N)=S)n1. The predicted molar refractivity (Wildman–Crippen MR) is 69.0 cm³/mol. The van der Waals surface area contributed by atoms with Crippen molar-refractivity contribution in [3.8, 4) is 0 Å². The normalized spacial score (nSPS) is 13.6. The third-order valence-electron chi connectivity index (χ3n) is 1.70. The number of aryl methyl sites for hydroxylation is 1. The average molecular weight is 279 g/mol. The fourth-order valence-corrected chi connectivity index (χ4v) is 3.57. The molecular formula is C8H13N3O2S3. The van der Waals surface area contributed by atoms with Crippen LogP contribution in [-0.2, 0) is 10.0 Å². The van der Waals surface area contributed by atoms with Crippen LogP contribution in [0, 0.1) is 6.92 Å². The summed E-state index contributed by atoms with van der Waals surface area (Å²) in [6.45, 7) is 3.59. The Labute approximate surface area is 104 Å². The van der Waals surface area contributed by atoms with Crippen LogP contribution in [0.2, 0.25) is 0 Å². The molecule has 1 unspecified atom stereocenters. The van der Waals surface area contributed by atoms with Gasteiger partial charge >= 0.3 is 0 Å². The monoisotopic (exact) mass is 279 g/mol. The second kappa shape index (κ2) is 5.17. The third kappa shape index (κ3) is 4.12. The van der Waals surface area contributed by atoms with E-state index in [0.29, 0.717) is 0 Å². The maximum Gasteiger partial charge on any atom is 0.218 e. The Balaban J connectivity index is 2.71. The van der Waals surface area contributed by atoms with Gasteiger partial charge in [-0.25, -0.2) is 18.1 Å². The molecule has 0 aliphatic rings. The molecule has 0 saturated heterocycles. The second-order valence-corrected chi connectivity index (χ2v) is 6.56. The topological polar surface area (TPSA) is 85.1 Å². The quantitative estimate of drug-likeness (QED) is 0.776. The molecule has 0 aromatic carbocycles. The minimum Gasteiger partial charge on any atom is -0.392 e. The van der Waals surface area contributed by atoms with E-state index in [0.717, 1.165) is 10.7 Å². The first-order valence-corrected chi connectivity index (χ1v) is 7.44. The molecule has 0 spiro atoms. The van der Waals surface area contributed by atoms with Crippen LogP contribution in [0.4, 0.5) is 0 Å². The average Bonchev–Trinajstić information content (AvgIpc) is 2.47. The number of nitrogens with zero attached hydrogens (tertiary/aromatic N) is 1. The lowest BCUT2D eigenvalue weighted by Crippen LogP contribution is -2.34. The molecule has 1 aromatic heterocycles. The summed E-state index contributed by atoms with van der Waals surface area (Å²) in [5.74, 6) is -0.336. The summed E-state index contributed by atoms with van der Waals surface area (Å²) in [7, 11) is -3.47. The highest BCUT2D eigenvalue weighted by molar-refractivity contribution is 7.92. The van der Waals surface area contributed by atoms with Crippen LogP contribution in [0.5, 0.6) is 0 Å². The zero-order valence-corrected chi connectivity index (χ0v) is 11.4. The molecule has 5 nitrogen and oxygen atoms in total. The summed E-state index contributed by atoms with van der Waals surface area (Å²) in [5, 5.41) is 2.59. The van der Waals surface area contributed by atoms with Crippen LogP contribution in [0.15, 0.2) is 5.38 Å². The molecule has 0 fully saturated rings. The fraction of sp³-hybridized carbons (Fsp3) is 0.500. The summed E-state index contributed by atoms with van der Waals surface area (Å²) in [4.78, 5) is 4.16. The molecule has 0 aliphatic carbocycles. The van der Waals surface area contributed by atoms with Gasteiger partial charge in [-0.05, 0) is 13.8 Å². The standard InChI is InChI=1S/C8H13N3O2S3/c1-5-3-15-8(10-5)6(2)11-16(12,13)4-7(9)14/h3,6,11H,4H2,1-2H3,(H2,9,14). The van der Waals surface area contributed by atoms with Gasteiger partial charge in [0, 0.05) is 11.1 Å². The highest BCUT2D eigenvalue weighted by Crippen LogP contribution is 2.18. The van der Waals surface area contributed by atoms with Gasteiger partial charge in [-0.3, -0.25) is 0 Å². The molecule has 1 heterocycles. The van der Waals surface area contributed by atoms with Crippen molar-refractivity contribution >= 4 is 38.6 Å². The summed E-state index contributed by atoms with van der Waals surface area (Å²) in [6, 6.07) is -0.363. The molecular weight excluding hydrogens is 266 g/mol. The molecule has 3 N–H and O–H groups in total. The Bertz CT molecular complexity index is 480. The summed E-state index contributed by atoms with van der Waals surface area (Å²) < 4.78 is 25.5. The van der Waals surface area contributed by atoms with Crippen molar-refractivity contribution < 1.29 is 8.42 Å². The minimum atomic E-state index is -3.47. The van der Waals surface area contributed by atoms with Crippen molar-refractivity contribution in [2.24, 2.45) is 5.73 Å². The van der Waals surface area contributed by atoms with E-state index in [2.05, 4.69) is 21.9 Å². The maximum absolute atomic E-state index is 11.5. The van der Waals surface area contributed by atoms with Crippen LogP contribution >= 0.6 is 23.6 Å². The number of nitrogens with one attached hydrogen (secondary N) is 1. The van der Waals surface area contributed by atoms with Crippen LogP contribution in [-0.4, -0.2) is 24.1 Å². The number of sulfonamides is 1. The van der Waals surface area contributed by atoms with E-state index in [1.807, 2.05) is 12.3 Å².